The lowest BCUT2D eigenvalue weighted by molar-refractivity contribution is -0.384. The summed E-state index contributed by atoms with van der Waals surface area (Å²) in [4.78, 5) is 19.7. The van der Waals surface area contributed by atoms with Crippen LogP contribution in [0.25, 0.3) is 11.4 Å². The number of nitro groups is 1. The van der Waals surface area contributed by atoms with Crippen LogP contribution in [0.2, 0.25) is 0 Å². The summed E-state index contributed by atoms with van der Waals surface area (Å²) in [5, 5.41) is 14.5. The molecule has 1 atom stereocenters. The number of nitro benzene ring substituents is 1. The van der Waals surface area contributed by atoms with Crippen molar-refractivity contribution in [2.75, 3.05) is 5.32 Å². The molecule has 0 spiro atoms. The number of hydrogen-bond donors (Lipinski definition) is 1. The molecular weight excluding hydrogens is 328 g/mol. The van der Waals surface area contributed by atoms with Crippen molar-refractivity contribution >= 4 is 11.5 Å². The Hall–Kier alpha value is -3.28. The molecule has 2 aromatic carbocycles. The van der Waals surface area contributed by atoms with Gasteiger partial charge in [0.15, 0.2) is 5.82 Å². The van der Waals surface area contributed by atoms with Gasteiger partial charge in [0.05, 0.1) is 11.0 Å². The molecule has 1 heterocycles. The first-order chi connectivity index (χ1) is 12.6. The quantitative estimate of drug-likeness (QED) is 0.557. The summed E-state index contributed by atoms with van der Waals surface area (Å²) >= 11 is 0. The van der Waals surface area contributed by atoms with Crippen LogP contribution >= 0.6 is 0 Å². The second-order valence-electron chi connectivity index (χ2n) is 6.46. The number of non-ortho nitro benzene ring substituents is 1. The van der Waals surface area contributed by atoms with Crippen molar-refractivity contribution in [3.8, 4) is 11.4 Å². The lowest BCUT2D eigenvalue weighted by Gasteiger charge is -2.16. The number of aromatic nitrogens is 2. The van der Waals surface area contributed by atoms with Crippen molar-refractivity contribution < 1.29 is 4.92 Å². The van der Waals surface area contributed by atoms with Gasteiger partial charge in [-0.15, -0.1) is 0 Å². The molecule has 6 heteroatoms. The summed E-state index contributed by atoms with van der Waals surface area (Å²) in [5.74, 6) is 1.23. The van der Waals surface area contributed by atoms with E-state index in [2.05, 4.69) is 39.6 Å². The second kappa shape index (κ2) is 6.55. The van der Waals surface area contributed by atoms with Crippen molar-refractivity contribution in [2.24, 2.45) is 0 Å². The molecule has 0 saturated carbocycles. The Morgan fingerprint density at radius 2 is 1.96 bits per heavy atom. The lowest BCUT2D eigenvalue weighted by atomic mass is 10.1. The van der Waals surface area contributed by atoms with E-state index in [1.165, 1.54) is 23.3 Å². The number of nitrogens with zero attached hydrogens (tertiary/aromatic N) is 3. The zero-order chi connectivity index (χ0) is 18.1. The van der Waals surface area contributed by atoms with E-state index in [0.29, 0.717) is 11.4 Å². The van der Waals surface area contributed by atoms with Gasteiger partial charge in [-0.3, -0.25) is 10.1 Å². The normalized spacial score (nSPS) is 15.5. The van der Waals surface area contributed by atoms with Gasteiger partial charge >= 0.3 is 0 Å². The van der Waals surface area contributed by atoms with Crippen LogP contribution < -0.4 is 5.32 Å². The summed E-state index contributed by atoms with van der Waals surface area (Å²) in [6.07, 6.45) is 2.07. The van der Waals surface area contributed by atoms with E-state index < -0.39 is 4.92 Å². The lowest BCUT2D eigenvalue weighted by Crippen LogP contribution is -2.09. The Balaban J connectivity index is 1.65. The summed E-state index contributed by atoms with van der Waals surface area (Å²) in [7, 11) is 0. The standard InChI is InChI=1S/C20H18N4O2/c1-13-11-19(22-18-10-9-14-5-2-3-8-17(14)18)23-20(21-13)15-6-4-7-16(12-15)24(25)26/h2-8,11-12,18H,9-10H2,1H3,(H,21,22,23)/t18-/m1/s1. The Bertz CT molecular complexity index is 987. The van der Waals surface area contributed by atoms with Crippen molar-refractivity contribution in [1.29, 1.82) is 0 Å². The van der Waals surface area contributed by atoms with Gasteiger partial charge in [0.1, 0.15) is 5.82 Å². The molecular formula is C20H18N4O2. The third kappa shape index (κ3) is 3.13. The van der Waals surface area contributed by atoms with Gasteiger partial charge in [0.25, 0.3) is 5.69 Å². The highest BCUT2D eigenvalue weighted by Crippen LogP contribution is 2.33. The van der Waals surface area contributed by atoms with Crippen LogP contribution in [0.5, 0.6) is 0 Å². The van der Waals surface area contributed by atoms with Crippen LogP contribution in [0, 0.1) is 17.0 Å². The van der Waals surface area contributed by atoms with Crippen LogP contribution in [-0.4, -0.2) is 14.9 Å². The van der Waals surface area contributed by atoms with Crippen LogP contribution in [0.15, 0.2) is 54.6 Å². The number of hydrogen-bond acceptors (Lipinski definition) is 5. The van der Waals surface area contributed by atoms with Crippen molar-refractivity contribution in [3.05, 3.63) is 81.5 Å². The molecule has 1 aliphatic carbocycles. The second-order valence-corrected chi connectivity index (χ2v) is 6.46. The fourth-order valence-corrected chi connectivity index (χ4v) is 3.42. The summed E-state index contributed by atoms with van der Waals surface area (Å²) in [6.45, 7) is 1.90. The topological polar surface area (TPSA) is 81.0 Å². The molecule has 0 radical (unpaired) electrons. The average molecular weight is 346 g/mol. The Morgan fingerprint density at radius 3 is 2.81 bits per heavy atom. The fourth-order valence-electron chi connectivity index (χ4n) is 3.42. The van der Waals surface area contributed by atoms with Crippen molar-refractivity contribution in [1.82, 2.24) is 9.97 Å². The molecule has 1 aliphatic rings. The molecule has 4 rings (SSSR count). The third-order valence-corrected chi connectivity index (χ3v) is 4.62. The molecule has 1 N–H and O–H groups in total. The predicted molar refractivity (Wildman–Crippen MR) is 100.0 cm³/mol. The van der Waals surface area contributed by atoms with Crippen LogP contribution in [0.3, 0.4) is 0 Å². The molecule has 0 bridgehead atoms. The average Bonchev–Trinajstić information content (AvgIpc) is 3.04. The zero-order valence-electron chi connectivity index (χ0n) is 14.3. The number of fused-ring (bicyclic) bond motifs is 1. The van der Waals surface area contributed by atoms with Crippen LogP contribution in [0.4, 0.5) is 11.5 Å². The third-order valence-electron chi connectivity index (χ3n) is 4.62. The highest BCUT2D eigenvalue weighted by Gasteiger charge is 2.22. The number of anilines is 1. The van der Waals surface area contributed by atoms with Gasteiger partial charge in [-0.05, 0) is 30.9 Å². The van der Waals surface area contributed by atoms with E-state index >= 15 is 0 Å². The molecule has 3 aromatic rings. The van der Waals surface area contributed by atoms with E-state index in [4.69, 9.17) is 0 Å². The van der Waals surface area contributed by atoms with Crippen LogP contribution in [-0.2, 0) is 6.42 Å². The van der Waals surface area contributed by atoms with E-state index in [1.807, 2.05) is 13.0 Å². The summed E-state index contributed by atoms with van der Waals surface area (Å²) in [5.41, 5.74) is 4.16. The monoisotopic (exact) mass is 346 g/mol. The molecule has 0 aliphatic heterocycles. The van der Waals surface area contributed by atoms with Crippen molar-refractivity contribution in [2.45, 2.75) is 25.8 Å². The number of nitrogens with one attached hydrogen (secondary N) is 1. The first-order valence-corrected chi connectivity index (χ1v) is 8.55. The first kappa shape index (κ1) is 16.2. The van der Waals surface area contributed by atoms with Gasteiger partial charge in [-0.25, -0.2) is 9.97 Å². The number of aryl methyl sites for hydroxylation is 2. The highest BCUT2D eigenvalue weighted by atomic mass is 16.6. The summed E-state index contributed by atoms with van der Waals surface area (Å²) < 4.78 is 0. The van der Waals surface area contributed by atoms with Crippen LogP contribution in [0.1, 0.15) is 29.3 Å². The minimum absolute atomic E-state index is 0.0341. The Labute approximate surface area is 151 Å². The maximum atomic E-state index is 11.0. The van der Waals surface area contributed by atoms with E-state index in [9.17, 15) is 10.1 Å². The van der Waals surface area contributed by atoms with Gasteiger partial charge in [-0.2, -0.15) is 0 Å². The minimum Gasteiger partial charge on any atom is -0.363 e. The molecule has 26 heavy (non-hydrogen) atoms. The molecule has 0 saturated heterocycles. The molecule has 0 unspecified atom stereocenters. The first-order valence-electron chi connectivity index (χ1n) is 8.55. The largest absolute Gasteiger partial charge is 0.363 e. The van der Waals surface area contributed by atoms with E-state index in [1.54, 1.807) is 12.1 Å². The van der Waals surface area contributed by atoms with Crippen molar-refractivity contribution in [3.63, 3.8) is 0 Å². The van der Waals surface area contributed by atoms with Gasteiger partial charge in [-0.1, -0.05) is 36.4 Å². The molecule has 0 amide bonds. The smallest absolute Gasteiger partial charge is 0.270 e. The number of benzene rings is 2. The zero-order valence-corrected chi connectivity index (χ0v) is 14.3. The van der Waals surface area contributed by atoms with E-state index in [0.717, 1.165) is 24.4 Å². The maximum Gasteiger partial charge on any atom is 0.270 e. The Morgan fingerprint density at radius 1 is 1.12 bits per heavy atom. The molecule has 130 valence electrons. The van der Waals surface area contributed by atoms with Gasteiger partial charge < -0.3 is 5.32 Å². The molecule has 1 aromatic heterocycles. The number of rotatable bonds is 4. The molecule has 0 fully saturated rings. The van der Waals surface area contributed by atoms with E-state index in [-0.39, 0.29) is 11.7 Å². The SMILES string of the molecule is Cc1cc(N[C@@H]2CCc3ccccc32)nc(-c2cccc([N+](=O)[O-])c2)n1. The summed E-state index contributed by atoms with van der Waals surface area (Å²) in [6, 6.07) is 17.0. The highest BCUT2D eigenvalue weighted by molar-refractivity contribution is 5.61. The van der Waals surface area contributed by atoms with Gasteiger partial charge in [0, 0.05) is 29.5 Å². The Kier molecular flexibility index (Phi) is 4.08. The minimum atomic E-state index is -0.409. The fraction of sp³-hybridized carbons (Fsp3) is 0.200. The maximum absolute atomic E-state index is 11.0. The van der Waals surface area contributed by atoms with Gasteiger partial charge in [0.2, 0.25) is 0 Å². The predicted octanol–water partition coefficient (Wildman–Crippen LogP) is 4.46. The molecule has 6 nitrogen and oxygen atoms in total.